The minimum atomic E-state index is -1.08. The van der Waals surface area contributed by atoms with E-state index in [1.165, 1.54) is 11.1 Å². The number of ketones is 1. The first kappa shape index (κ1) is 109. The number of unbranched alkanes of at least 4 members (excludes halogenated alkanes) is 4. The molecule has 4 atom stereocenters. The standard InChI is InChI=1S/C84H145N11O27/c85-27-9-5-18-72(76(96)22-13-34-106-42-50-114-58-59-115-52-44-108-36-24-78(98)93-73(19-6-10-28-86)81(101)90-32-40-112-48-56-120-64-61-118-54-46-110-38-26-80(100)95-75(83(103)104)21-8-12-30-88)92-77(97)23-35-107-43-51-116-60-63-119-55-47-111-39-31-89-82(102)74(20-7-11-29-87)94-79(99)25-37-109-45-53-117-62-65-121-57-49-113-41-33-91-84(105)122-66-71-69-16-3-1-14-67(69)68-15-2-4-17-70(68)71/h1-4,14-17,71-75H,5-13,18-66,85-88H2,(H,89,102)(H,90,101)(H,91,105)(H,92,97)(H,93,98)(H,94,99)(H,95,100)(H,103,104). The Morgan fingerprint density at radius 3 is 0.877 bits per heavy atom. The molecule has 0 saturated heterocycles. The smallest absolute Gasteiger partial charge is 0.407 e. The van der Waals surface area contributed by atoms with Crippen molar-refractivity contribution in [3.63, 3.8) is 0 Å². The largest absolute Gasteiger partial charge is 0.480 e. The van der Waals surface area contributed by atoms with Gasteiger partial charge in [0.25, 0.3) is 0 Å². The second-order valence-corrected chi connectivity index (χ2v) is 28.2. The maximum absolute atomic E-state index is 13.2. The van der Waals surface area contributed by atoms with E-state index in [2.05, 4.69) is 61.5 Å². The molecule has 0 radical (unpaired) electrons. The normalized spacial score (nSPS) is 12.7. The fourth-order valence-electron chi connectivity index (χ4n) is 12.0. The Morgan fingerprint density at radius 2 is 0.557 bits per heavy atom. The van der Waals surface area contributed by atoms with Crippen LogP contribution in [0.4, 0.5) is 4.79 Å². The van der Waals surface area contributed by atoms with Gasteiger partial charge in [-0.1, -0.05) is 48.5 Å². The molecule has 0 saturated carbocycles. The second-order valence-electron chi connectivity index (χ2n) is 28.2. The molecule has 0 spiro atoms. The average Bonchev–Trinajstić information content (AvgIpc) is 1.62. The first-order chi connectivity index (χ1) is 59.7. The van der Waals surface area contributed by atoms with E-state index in [9.17, 15) is 48.3 Å². The Kier molecular flexibility index (Phi) is 69.2. The fraction of sp³-hybridized carbons (Fsp3) is 0.750. The molecule has 16 N–H and O–H groups in total. The van der Waals surface area contributed by atoms with Gasteiger partial charge in [0.2, 0.25) is 35.4 Å². The van der Waals surface area contributed by atoms with Crippen LogP contribution in [0.3, 0.4) is 0 Å². The van der Waals surface area contributed by atoms with Crippen LogP contribution < -0.4 is 60.2 Å². The molecule has 0 aromatic heterocycles. The highest BCUT2D eigenvalue weighted by atomic mass is 16.6. The minimum Gasteiger partial charge on any atom is -0.480 e. The Balaban J connectivity index is 1.07. The van der Waals surface area contributed by atoms with Gasteiger partial charge in [0.05, 0.1) is 211 Å². The van der Waals surface area contributed by atoms with Gasteiger partial charge in [0.15, 0.2) is 5.78 Å². The van der Waals surface area contributed by atoms with Crippen molar-refractivity contribution < 1.29 is 129 Å². The highest BCUT2D eigenvalue weighted by Crippen LogP contribution is 2.44. The maximum Gasteiger partial charge on any atom is 0.407 e. The first-order valence-electron chi connectivity index (χ1n) is 43.3. The number of amides is 7. The Hall–Kier alpha value is -7.13. The third-order valence-corrected chi connectivity index (χ3v) is 18.5. The monoisotopic (exact) mass is 1740 g/mol. The fourth-order valence-corrected chi connectivity index (χ4v) is 12.0. The van der Waals surface area contributed by atoms with Gasteiger partial charge in [0, 0.05) is 64.3 Å². The highest BCUT2D eigenvalue weighted by molar-refractivity contribution is 5.90. The molecule has 2 aromatic carbocycles. The number of aliphatic carboxylic acids is 1. The van der Waals surface area contributed by atoms with Crippen LogP contribution in [0.1, 0.15) is 133 Å². The molecule has 1 aliphatic carbocycles. The summed E-state index contributed by atoms with van der Waals surface area (Å²) in [6.45, 7) is 12.1. The summed E-state index contributed by atoms with van der Waals surface area (Å²) < 4.78 is 94.5. The molecule has 2 aromatic rings. The number of benzene rings is 2. The van der Waals surface area contributed by atoms with Crippen LogP contribution >= 0.6 is 0 Å². The Morgan fingerprint density at radius 1 is 0.295 bits per heavy atom. The lowest BCUT2D eigenvalue weighted by molar-refractivity contribution is -0.142. The van der Waals surface area contributed by atoms with E-state index in [0.29, 0.717) is 249 Å². The molecule has 1 aliphatic rings. The number of nitrogens with one attached hydrogen (secondary N) is 7. The number of rotatable bonds is 87. The predicted molar refractivity (Wildman–Crippen MR) is 452 cm³/mol. The van der Waals surface area contributed by atoms with E-state index in [1.54, 1.807) is 0 Å². The lowest BCUT2D eigenvalue weighted by Gasteiger charge is -2.18. The third-order valence-electron chi connectivity index (χ3n) is 18.5. The molecule has 3 rings (SSSR count). The number of ether oxygens (including phenoxy) is 17. The number of alkyl carbamates (subject to hydrolysis) is 1. The number of hydrogen-bond acceptors (Lipinski definition) is 30. The van der Waals surface area contributed by atoms with Gasteiger partial charge in [-0.2, -0.15) is 0 Å². The van der Waals surface area contributed by atoms with Crippen molar-refractivity contribution in [2.75, 3.05) is 264 Å². The van der Waals surface area contributed by atoms with Crippen molar-refractivity contribution >= 4 is 53.3 Å². The summed E-state index contributed by atoms with van der Waals surface area (Å²) in [6.07, 6.45) is 7.52. The molecule has 0 aliphatic heterocycles. The first-order valence-corrected chi connectivity index (χ1v) is 43.3. The second kappa shape index (κ2) is 77.4. The zero-order chi connectivity index (χ0) is 88.0. The summed E-state index contributed by atoms with van der Waals surface area (Å²) in [5, 5.41) is 28.6. The molecule has 4 unspecified atom stereocenters. The van der Waals surface area contributed by atoms with Crippen LogP contribution in [0.15, 0.2) is 48.5 Å². The lowest BCUT2D eigenvalue weighted by Crippen LogP contribution is -2.47. The van der Waals surface area contributed by atoms with Crippen molar-refractivity contribution in [2.24, 2.45) is 22.9 Å². The summed E-state index contributed by atoms with van der Waals surface area (Å²) in [4.78, 5) is 113. The van der Waals surface area contributed by atoms with Crippen LogP contribution in [0.2, 0.25) is 0 Å². The number of carbonyl (C=O) groups excluding carboxylic acids is 8. The number of nitrogens with two attached hydrogens (primary N) is 4. The van der Waals surface area contributed by atoms with E-state index >= 15 is 0 Å². The predicted octanol–water partition coefficient (Wildman–Crippen LogP) is 1.47. The number of carboxylic acid groups (broad SMARTS) is 1. The quantitative estimate of drug-likeness (QED) is 0.0417. The molecule has 7 amide bonds. The summed E-state index contributed by atoms with van der Waals surface area (Å²) in [5.74, 6) is -3.15. The number of carbonyl (C=O) groups is 9. The Bertz CT molecular complexity index is 2990. The summed E-state index contributed by atoms with van der Waals surface area (Å²) in [7, 11) is 0. The van der Waals surface area contributed by atoms with Crippen molar-refractivity contribution in [1.29, 1.82) is 0 Å². The summed E-state index contributed by atoms with van der Waals surface area (Å²) in [5.41, 5.74) is 27.1. The van der Waals surface area contributed by atoms with Crippen LogP contribution in [-0.4, -0.2) is 346 Å². The average molecular weight is 1740 g/mol. The maximum atomic E-state index is 13.2. The topological polar surface area (TPSA) is 519 Å². The highest BCUT2D eigenvalue weighted by Gasteiger charge is 2.30. The number of hydrogen-bond donors (Lipinski definition) is 12. The molecule has 698 valence electrons. The molecular formula is C84H145N11O27. The van der Waals surface area contributed by atoms with Gasteiger partial charge in [-0.15, -0.1) is 0 Å². The lowest BCUT2D eigenvalue weighted by atomic mass is 9.98. The van der Waals surface area contributed by atoms with E-state index in [0.717, 1.165) is 17.5 Å². The molecule has 122 heavy (non-hydrogen) atoms. The zero-order valence-corrected chi connectivity index (χ0v) is 71.9. The Labute approximate surface area is 719 Å². The summed E-state index contributed by atoms with van der Waals surface area (Å²) >= 11 is 0. The van der Waals surface area contributed by atoms with Gasteiger partial charge < -0.3 is 146 Å². The van der Waals surface area contributed by atoms with E-state index in [1.807, 2.05) is 24.3 Å². The minimum absolute atomic E-state index is 0.00686. The zero-order valence-electron chi connectivity index (χ0n) is 71.9. The number of fused-ring (bicyclic) bond motifs is 3. The van der Waals surface area contributed by atoms with Gasteiger partial charge in [0.1, 0.15) is 24.7 Å². The van der Waals surface area contributed by atoms with Gasteiger partial charge in [-0.05, 0) is 132 Å². The van der Waals surface area contributed by atoms with E-state index in [4.69, 9.17) is 103 Å². The van der Waals surface area contributed by atoms with Crippen molar-refractivity contribution in [1.82, 2.24) is 37.2 Å². The SMILES string of the molecule is NCCCCC(NC(=O)CCOCCOCCOCCOCCNC(=O)C(CCCCN)NC(=O)CCOCCOCCOCCOCCCC(=O)C(CCCCN)NC(=O)CCOCCOCCOCCOCCNC(=O)C(CCCCN)NC(=O)CCOCCOCCOCCOCCNC(=O)OCC1c2ccccc2-c2ccccc21)C(=O)O. The van der Waals surface area contributed by atoms with Crippen LogP contribution in [0.25, 0.3) is 11.1 Å². The van der Waals surface area contributed by atoms with Crippen molar-refractivity contribution in [2.45, 2.75) is 146 Å². The molecule has 0 fully saturated rings. The molecule has 38 nitrogen and oxygen atoms in total. The van der Waals surface area contributed by atoms with Crippen LogP contribution in [0.5, 0.6) is 0 Å². The van der Waals surface area contributed by atoms with Gasteiger partial charge in [-0.3, -0.25) is 33.6 Å². The molecule has 0 bridgehead atoms. The third kappa shape index (κ3) is 58.1. The number of carboxylic acids is 1. The van der Waals surface area contributed by atoms with Crippen LogP contribution in [-0.2, 0) is 119 Å². The molecular weight excluding hydrogens is 1590 g/mol. The molecule has 0 heterocycles. The van der Waals surface area contributed by atoms with Gasteiger partial charge >= 0.3 is 12.1 Å². The van der Waals surface area contributed by atoms with E-state index < -0.39 is 42.1 Å². The van der Waals surface area contributed by atoms with E-state index in [-0.39, 0.29) is 166 Å². The summed E-state index contributed by atoms with van der Waals surface area (Å²) in [6, 6.07) is 13.3. The number of Topliss-reactive ketones (excluding diaryl/α,β-unsaturated/α-hetero) is 1. The van der Waals surface area contributed by atoms with Crippen LogP contribution in [0, 0.1) is 0 Å². The molecule has 38 heteroatoms. The van der Waals surface area contributed by atoms with Crippen molar-refractivity contribution in [3.8, 4) is 11.1 Å². The van der Waals surface area contributed by atoms with Crippen molar-refractivity contribution in [3.05, 3.63) is 59.7 Å². The van der Waals surface area contributed by atoms with Gasteiger partial charge in [-0.25, -0.2) is 9.59 Å².